The molecule has 2 aromatic rings. The molecule has 0 spiro atoms. The standard InChI is InChI=1S/C21H22N2O2S/c24-20(23-13-11-16-6-2-4-8-18(16)23)12-14-26-19-10-9-15-5-1-3-7-17(15)22-21(19)25/h1-8,19H,9-14H2,(H,22,25)/t19-/m0/s1. The highest BCUT2D eigenvalue weighted by atomic mass is 32.2. The summed E-state index contributed by atoms with van der Waals surface area (Å²) in [5.74, 6) is 0.880. The average molecular weight is 366 g/mol. The van der Waals surface area contributed by atoms with Crippen LogP contribution in [-0.2, 0) is 22.4 Å². The number of hydrogen-bond acceptors (Lipinski definition) is 3. The quantitative estimate of drug-likeness (QED) is 0.898. The first-order chi connectivity index (χ1) is 12.7. The molecule has 2 amide bonds. The third-order valence-corrected chi connectivity index (χ3v) is 6.36. The number of benzene rings is 2. The molecule has 1 N–H and O–H groups in total. The van der Waals surface area contributed by atoms with E-state index in [2.05, 4.69) is 17.4 Å². The van der Waals surface area contributed by atoms with E-state index in [0.717, 1.165) is 37.2 Å². The molecule has 4 rings (SSSR count). The summed E-state index contributed by atoms with van der Waals surface area (Å²) in [6, 6.07) is 16.1. The average Bonchev–Trinajstić information content (AvgIpc) is 3.02. The molecule has 0 aromatic heterocycles. The van der Waals surface area contributed by atoms with Crippen LogP contribution >= 0.6 is 11.8 Å². The van der Waals surface area contributed by atoms with Gasteiger partial charge in [-0.05, 0) is 42.5 Å². The van der Waals surface area contributed by atoms with Gasteiger partial charge in [0.05, 0.1) is 5.25 Å². The Morgan fingerprint density at radius 3 is 2.73 bits per heavy atom. The van der Waals surface area contributed by atoms with E-state index in [1.807, 2.05) is 41.3 Å². The van der Waals surface area contributed by atoms with Crippen LogP contribution in [0.4, 0.5) is 11.4 Å². The fourth-order valence-corrected chi connectivity index (χ4v) is 4.74. The summed E-state index contributed by atoms with van der Waals surface area (Å²) in [5.41, 5.74) is 4.40. The van der Waals surface area contributed by atoms with Crippen molar-refractivity contribution in [2.45, 2.75) is 30.9 Å². The topological polar surface area (TPSA) is 49.4 Å². The van der Waals surface area contributed by atoms with Crippen LogP contribution in [-0.4, -0.2) is 29.4 Å². The molecule has 0 unspecified atom stereocenters. The second kappa shape index (κ2) is 7.54. The van der Waals surface area contributed by atoms with Crippen LogP contribution in [0.1, 0.15) is 24.0 Å². The number of anilines is 2. The molecular formula is C21H22N2O2S. The molecule has 2 heterocycles. The molecule has 0 saturated heterocycles. The molecular weight excluding hydrogens is 344 g/mol. The second-order valence-corrected chi connectivity index (χ2v) is 8.03. The van der Waals surface area contributed by atoms with Crippen LogP contribution in [0.15, 0.2) is 48.5 Å². The van der Waals surface area contributed by atoms with Crippen LogP contribution < -0.4 is 10.2 Å². The molecule has 5 heteroatoms. The normalized spacial score (nSPS) is 18.7. The molecule has 2 aliphatic heterocycles. The van der Waals surface area contributed by atoms with Gasteiger partial charge in [0.2, 0.25) is 11.8 Å². The number of aryl methyl sites for hydroxylation is 1. The number of fused-ring (bicyclic) bond motifs is 2. The minimum Gasteiger partial charge on any atom is -0.325 e. The molecule has 0 fully saturated rings. The van der Waals surface area contributed by atoms with Crippen LogP contribution in [0.25, 0.3) is 0 Å². The molecule has 0 aliphatic carbocycles. The Morgan fingerprint density at radius 2 is 1.85 bits per heavy atom. The zero-order valence-corrected chi connectivity index (χ0v) is 15.4. The highest BCUT2D eigenvalue weighted by Crippen LogP contribution is 2.30. The lowest BCUT2D eigenvalue weighted by Crippen LogP contribution is -2.30. The number of nitrogens with one attached hydrogen (secondary N) is 1. The van der Waals surface area contributed by atoms with Crippen molar-refractivity contribution in [1.29, 1.82) is 0 Å². The van der Waals surface area contributed by atoms with Gasteiger partial charge in [-0.15, -0.1) is 11.8 Å². The summed E-state index contributed by atoms with van der Waals surface area (Å²) in [5, 5.41) is 2.93. The Labute approximate surface area is 158 Å². The van der Waals surface area contributed by atoms with E-state index < -0.39 is 0 Å². The van der Waals surface area contributed by atoms with E-state index >= 15 is 0 Å². The monoisotopic (exact) mass is 366 g/mol. The van der Waals surface area contributed by atoms with Gasteiger partial charge in [0.25, 0.3) is 0 Å². The van der Waals surface area contributed by atoms with Gasteiger partial charge >= 0.3 is 0 Å². The van der Waals surface area contributed by atoms with Crippen molar-refractivity contribution < 1.29 is 9.59 Å². The number of carbonyl (C=O) groups excluding carboxylic acids is 2. The number of thioether (sulfide) groups is 1. The van der Waals surface area contributed by atoms with E-state index in [1.54, 1.807) is 11.8 Å². The molecule has 0 bridgehead atoms. The molecule has 2 aromatic carbocycles. The Hall–Kier alpha value is -2.27. The Kier molecular flexibility index (Phi) is 4.98. The summed E-state index contributed by atoms with van der Waals surface area (Å²) >= 11 is 1.60. The van der Waals surface area contributed by atoms with Crippen LogP contribution in [0.3, 0.4) is 0 Å². The van der Waals surface area contributed by atoms with Crippen molar-refractivity contribution in [2.24, 2.45) is 0 Å². The number of para-hydroxylation sites is 2. The molecule has 134 valence electrons. The SMILES string of the molecule is O=C1Nc2ccccc2CC[C@@H]1SCCC(=O)N1CCc2ccccc21. The van der Waals surface area contributed by atoms with Gasteiger partial charge in [-0.25, -0.2) is 0 Å². The van der Waals surface area contributed by atoms with Crippen molar-refractivity contribution in [3.63, 3.8) is 0 Å². The van der Waals surface area contributed by atoms with Gasteiger partial charge in [0.1, 0.15) is 0 Å². The molecule has 1 atom stereocenters. The van der Waals surface area contributed by atoms with Gasteiger partial charge in [0, 0.05) is 30.1 Å². The Bertz CT molecular complexity index is 836. The highest BCUT2D eigenvalue weighted by molar-refractivity contribution is 8.00. The highest BCUT2D eigenvalue weighted by Gasteiger charge is 2.26. The van der Waals surface area contributed by atoms with Crippen molar-refractivity contribution >= 4 is 35.0 Å². The zero-order chi connectivity index (χ0) is 17.9. The van der Waals surface area contributed by atoms with E-state index in [1.165, 1.54) is 11.1 Å². The molecule has 26 heavy (non-hydrogen) atoms. The predicted molar refractivity (Wildman–Crippen MR) is 107 cm³/mol. The molecule has 2 aliphatic rings. The first-order valence-electron chi connectivity index (χ1n) is 9.11. The van der Waals surface area contributed by atoms with Crippen LogP contribution in [0.5, 0.6) is 0 Å². The fraction of sp³-hybridized carbons (Fsp3) is 0.333. The van der Waals surface area contributed by atoms with Gasteiger partial charge in [-0.3, -0.25) is 9.59 Å². The summed E-state index contributed by atoms with van der Waals surface area (Å²) in [6.45, 7) is 0.766. The number of carbonyl (C=O) groups is 2. The summed E-state index contributed by atoms with van der Waals surface area (Å²) in [7, 11) is 0. The largest absolute Gasteiger partial charge is 0.325 e. The van der Waals surface area contributed by atoms with Crippen molar-refractivity contribution in [3.8, 4) is 0 Å². The van der Waals surface area contributed by atoms with Crippen molar-refractivity contribution in [2.75, 3.05) is 22.5 Å². The first kappa shape index (κ1) is 17.2. The Balaban J connectivity index is 1.31. The molecule has 4 nitrogen and oxygen atoms in total. The number of rotatable bonds is 4. The second-order valence-electron chi connectivity index (χ2n) is 6.72. The molecule has 0 radical (unpaired) electrons. The van der Waals surface area contributed by atoms with Crippen LogP contribution in [0, 0.1) is 0 Å². The fourth-order valence-electron chi connectivity index (χ4n) is 3.67. The maximum Gasteiger partial charge on any atom is 0.237 e. The zero-order valence-electron chi connectivity index (χ0n) is 14.6. The minimum absolute atomic E-state index is 0.0546. The van der Waals surface area contributed by atoms with E-state index in [-0.39, 0.29) is 17.1 Å². The Morgan fingerprint density at radius 1 is 1.08 bits per heavy atom. The lowest BCUT2D eigenvalue weighted by molar-refractivity contribution is -0.118. The first-order valence-corrected chi connectivity index (χ1v) is 10.2. The third kappa shape index (κ3) is 3.49. The summed E-state index contributed by atoms with van der Waals surface area (Å²) in [4.78, 5) is 26.9. The van der Waals surface area contributed by atoms with Gasteiger partial charge < -0.3 is 10.2 Å². The summed E-state index contributed by atoms with van der Waals surface area (Å²) in [6.07, 6.45) is 3.10. The van der Waals surface area contributed by atoms with Crippen molar-refractivity contribution in [3.05, 3.63) is 59.7 Å². The lowest BCUT2D eigenvalue weighted by Gasteiger charge is -2.18. The van der Waals surface area contributed by atoms with Gasteiger partial charge in [0.15, 0.2) is 0 Å². The maximum absolute atomic E-state index is 12.6. The van der Waals surface area contributed by atoms with E-state index in [9.17, 15) is 9.59 Å². The number of amides is 2. The third-order valence-electron chi connectivity index (χ3n) is 5.07. The smallest absolute Gasteiger partial charge is 0.237 e. The molecule has 0 saturated carbocycles. The number of nitrogens with zero attached hydrogens (tertiary/aromatic N) is 1. The maximum atomic E-state index is 12.6. The van der Waals surface area contributed by atoms with Crippen LogP contribution in [0.2, 0.25) is 0 Å². The predicted octanol–water partition coefficient (Wildman–Crippen LogP) is 3.65. The summed E-state index contributed by atoms with van der Waals surface area (Å²) < 4.78 is 0. The van der Waals surface area contributed by atoms with E-state index in [0.29, 0.717) is 12.2 Å². The van der Waals surface area contributed by atoms with Crippen molar-refractivity contribution in [1.82, 2.24) is 0 Å². The minimum atomic E-state index is -0.0962. The lowest BCUT2D eigenvalue weighted by atomic mass is 10.1. The number of hydrogen-bond donors (Lipinski definition) is 1. The van der Waals surface area contributed by atoms with Gasteiger partial charge in [-0.1, -0.05) is 36.4 Å². The van der Waals surface area contributed by atoms with E-state index in [4.69, 9.17) is 0 Å². The van der Waals surface area contributed by atoms with Gasteiger partial charge in [-0.2, -0.15) is 0 Å².